The van der Waals surface area contributed by atoms with E-state index in [-0.39, 0.29) is 117 Å². The summed E-state index contributed by atoms with van der Waals surface area (Å²) in [5.74, 6) is -5.62. The Kier molecular flexibility index (Phi) is 17.9. The number of carboxylic acids is 4. The minimum Gasteiger partial charge on any atom is -0.545 e. The molecule has 0 amide bonds. The zero-order valence-corrected chi connectivity index (χ0v) is 30.4. The van der Waals surface area contributed by atoms with Gasteiger partial charge in [-0.05, 0) is 70.8 Å². The van der Waals surface area contributed by atoms with Gasteiger partial charge in [0, 0.05) is 0 Å². The van der Waals surface area contributed by atoms with Crippen molar-refractivity contribution >= 4 is 119 Å². The molecule has 0 bridgehead atoms. The summed E-state index contributed by atoms with van der Waals surface area (Å²) in [5.41, 5.74) is -0.551. The summed E-state index contributed by atoms with van der Waals surface area (Å²) < 4.78 is 49.1. The molecular weight excluding hydrogens is 697 g/mol. The SMILES string of the molecule is CC.O=C([O-])c1ccc(S(=O)(=O)c2ccc(C(=O)[O-])cc2)cc1.O=C([O-])c1ccc(S(=O)(=O)c2ccc(C(=O)[O-])cc2)cc1.[Ca+2].[Ca+2]. The standard InChI is InChI=1S/2C14H10O6S.C2H6.2Ca/c2*15-13(16)9-1-5-11(6-2-9)21(19,20)12-7-3-10(4-8-12)14(17)18;1-2;;/h2*1-8H,(H,15,16)(H,17,18);1-2H3;;/q;;;2*+2/p-4. The number of carboxylic acid groups (broad SMARTS) is 4. The zero-order valence-electron chi connectivity index (χ0n) is 24.4. The van der Waals surface area contributed by atoms with E-state index < -0.39 is 43.6 Å². The molecule has 0 heterocycles. The molecule has 0 aliphatic rings. The topological polar surface area (TPSA) is 229 Å². The van der Waals surface area contributed by atoms with Gasteiger partial charge >= 0.3 is 75.5 Å². The van der Waals surface area contributed by atoms with Crippen LogP contribution in [0.1, 0.15) is 55.3 Å². The van der Waals surface area contributed by atoms with Gasteiger partial charge in [0.1, 0.15) is 0 Å². The molecule has 16 heteroatoms. The van der Waals surface area contributed by atoms with E-state index in [1.165, 1.54) is 0 Å². The molecule has 0 spiro atoms. The second kappa shape index (κ2) is 19.1. The van der Waals surface area contributed by atoms with Crippen LogP contribution < -0.4 is 20.4 Å². The van der Waals surface area contributed by atoms with Gasteiger partial charge in [0.05, 0.1) is 43.5 Å². The fraction of sp³-hybridized carbons (Fsp3) is 0.0667. The van der Waals surface area contributed by atoms with Crippen molar-refractivity contribution in [3.8, 4) is 0 Å². The predicted octanol–water partition coefficient (Wildman–Crippen LogP) is -1.24. The quantitative estimate of drug-likeness (QED) is 0.195. The average molecular weight is 719 g/mol. The molecule has 0 fully saturated rings. The summed E-state index contributed by atoms with van der Waals surface area (Å²) in [7, 11) is -7.70. The molecule has 46 heavy (non-hydrogen) atoms. The van der Waals surface area contributed by atoms with Crippen LogP contribution in [-0.2, 0) is 19.7 Å². The Morgan fingerprint density at radius 3 is 0.609 bits per heavy atom. The molecule has 0 aliphatic carbocycles. The number of benzene rings is 4. The predicted molar refractivity (Wildman–Crippen MR) is 157 cm³/mol. The van der Waals surface area contributed by atoms with Gasteiger partial charge < -0.3 is 39.6 Å². The summed E-state index contributed by atoms with van der Waals surface area (Å²) in [5, 5.41) is 42.4. The van der Waals surface area contributed by atoms with Crippen LogP contribution in [0.15, 0.2) is 117 Å². The van der Waals surface area contributed by atoms with Gasteiger partial charge in [-0.2, -0.15) is 0 Å². The van der Waals surface area contributed by atoms with E-state index in [1.807, 2.05) is 13.8 Å². The third-order valence-electron chi connectivity index (χ3n) is 5.60. The molecular formula is C30H22Ca2O12S2. The summed E-state index contributed by atoms with van der Waals surface area (Å²) >= 11 is 0. The van der Waals surface area contributed by atoms with Gasteiger partial charge in [0.25, 0.3) is 0 Å². The van der Waals surface area contributed by atoms with Gasteiger partial charge in [-0.15, -0.1) is 0 Å². The Morgan fingerprint density at radius 1 is 0.370 bits per heavy atom. The molecule has 230 valence electrons. The zero-order chi connectivity index (χ0) is 33.2. The normalized spacial score (nSPS) is 10.2. The summed E-state index contributed by atoms with van der Waals surface area (Å²) in [6.07, 6.45) is 0. The van der Waals surface area contributed by atoms with Crippen molar-refractivity contribution in [2.24, 2.45) is 0 Å². The van der Waals surface area contributed by atoms with Crippen LogP contribution in [0.2, 0.25) is 0 Å². The largest absolute Gasteiger partial charge is 2.00 e. The van der Waals surface area contributed by atoms with Crippen LogP contribution >= 0.6 is 0 Å². The summed E-state index contributed by atoms with van der Waals surface area (Å²) in [4.78, 5) is 42.0. The Hall–Kier alpha value is -2.82. The van der Waals surface area contributed by atoms with Gasteiger partial charge in [-0.1, -0.05) is 62.4 Å². The molecule has 0 aromatic heterocycles. The smallest absolute Gasteiger partial charge is 0.545 e. The Bertz CT molecular complexity index is 1600. The Balaban J connectivity index is 0.000000802. The molecule has 4 aromatic carbocycles. The number of hydrogen-bond acceptors (Lipinski definition) is 12. The molecule has 0 radical (unpaired) electrons. The third-order valence-corrected chi connectivity index (χ3v) is 9.17. The molecule has 0 unspecified atom stereocenters. The van der Waals surface area contributed by atoms with Crippen molar-refractivity contribution in [3.63, 3.8) is 0 Å². The Morgan fingerprint density at radius 2 is 0.500 bits per heavy atom. The van der Waals surface area contributed by atoms with E-state index >= 15 is 0 Å². The second-order valence-corrected chi connectivity index (χ2v) is 12.2. The maximum Gasteiger partial charge on any atom is 2.00 e. The van der Waals surface area contributed by atoms with E-state index in [1.54, 1.807) is 0 Å². The van der Waals surface area contributed by atoms with Crippen LogP contribution in [0.5, 0.6) is 0 Å². The minimum absolute atomic E-state index is 0. The molecule has 0 atom stereocenters. The molecule has 4 aromatic rings. The van der Waals surface area contributed by atoms with E-state index in [0.717, 1.165) is 97.1 Å². The Labute approximate surface area is 324 Å². The van der Waals surface area contributed by atoms with Gasteiger partial charge in [-0.3, -0.25) is 0 Å². The number of hydrogen-bond donors (Lipinski definition) is 0. The van der Waals surface area contributed by atoms with Crippen molar-refractivity contribution in [3.05, 3.63) is 119 Å². The van der Waals surface area contributed by atoms with Gasteiger partial charge in [0.15, 0.2) is 0 Å². The van der Waals surface area contributed by atoms with E-state index in [9.17, 15) is 56.4 Å². The monoisotopic (exact) mass is 718 g/mol. The van der Waals surface area contributed by atoms with Crippen LogP contribution in [0.3, 0.4) is 0 Å². The second-order valence-electron chi connectivity index (χ2n) is 8.25. The summed E-state index contributed by atoms with van der Waals surface area (Å²) in [6, 6.07) is 18.1. The van der Waals surface area contributed by atoms with Crippen LogP contribution in [0.25, 0.3) is 0 Å². The maximum absolute atomic E-state index is 12.3. The van der Waals surface area contributed by atoms with Crippen molar-refractivity contribution in [2.75, 3.05) is 0 Å². The maximum atomic E-state index is 12.3. The van der Waals surface area contributed by atoms with Gasteiger partial charge in [-0.25, -0.2) is 16.8 Å². The first-order valence-electron chi connectivity index (χ1n) is 12.4. The molecule has 4 rings (SSSR count). The summed E-state index contributed by atoms with van der Waals surface area (Å²) in [6.45, 7) is 4.00. The number of carbonyl (C=O) groups excluding carboxylic acids is 4. The third kappa shape index (κ3) is 11.2. The molecule has 0 saturated carbocycles. The van der Waals surface area contributed by atoms with E-state index in [0.29, 0.717) is 0 Å². The molecule has 0 N–H and O–H groups in total. The van der Waals surface area contributed by atoms with E-state index in [2.05, 4.69) is 0 Å². The van der Waals surface area contributed by atoms with Gasteiger partial charge in [0.2, 0.25) is 19.7 Å². The first kappa shape index (κ1) is 43.2. The number of carbonyl (C=O) groups is 4. The fourth-order valence-corrected chi connectivity index (χ4v) is 5.87. The van der Waals surface area contributed by atoms with E-state index in [4.69, 9.17) is 0 Å². The fourth-order valence-electron chi connectivity index (χ4n) is 3.35. The van der Waals surface area contributed by atoms with Crippen molar-refractivity contribution < 1.29 is 56.4 Å². The van der Waals surface area contributed by atoms with Crippen LogP contribution in [-0.4, -0.2) is 116 Å². The first-order chi connectivity index (χ1) is 20.6. The minimum atomic E-state index is -3.85. The number of sulfone groups is 2. The molecule has 0 saturated heterocycles. The van der Waals surface area contributed by atoms with Crippen LogP contribution in [0.4, 0.5) is 0 Å². The van der Waals surface area contributed by atoms with Crippen molar-refractivity contribution in [1.82, 2.24) is 0 Å². The average Bonchev–Trinajstić information content (AvgIpc) is 3.02. The van der Waals surface area contributed by atoms with Crippen LogP contribution in [0, 0.1) is 0 Å². The molecule has 12 nitrogen and oxygen atoms in total. The van der Waals surface area contributed by atoms with Crippen molar-refractivity contribution in [1.29, 1.82) is 0 Å². The molecule has 0 aliphatic heterocycles. The number of rotatable bonds is 8. The van der Waals surface area contributed by atoms with Crippen molar-refractivity contribution in [2.45, 2.75) is 33.4 Å². The number of aromatic carboxylic acids is 4. The first-order valence-corrected chi connectivity index (χ1v) is 15.4.